The number of amides is 1. The van der Waals surface area contributed by atoms with Crippen molar-refractivity contribution in [2.75, 3.05) is 19.7 Å². The van der Waals surface area contributed by atoms with E-state index in [4.69, 9.17) is 4.74 Å². The first-order valence-electron chi connectivity index (χ1n) is 8.67. The van der Waals surface area contributed by atoms with Gasteiger partial charge in [-0.05, 0) is 31.4 Å². The summed E-state index contributed by atoms with van der Waals surface area (Å²) in [4.78, 5) is 12.8. The van der Waals surface area contributed by atoms with E-state index in [-0.39, 0.29) is 36.0 Å². The third-order valence-corrected chi connectivity index (χ3v) is 5.29. The zero-order valence-electron chi connectivity index (χ0n) is 14.4. The molecule has 0 bridgehead atoms. The first-order valence-corrected chi connectivity index (χ1v) is 8.67. The van der Waals surface area contributed by atoms with Gasteiger partial charge in [0.1, 0.15) is 5.75 Å². The summed E-state index contributed by atoms with van der Waals surface area (Å²) >= 11 is 0. The number of benzene rings is 1. The Labute approximate surface area is 157 Å². The molecule has 1 saturated carbocycles. The molecule has 0 radical (unpaired) electrons. The van der Waals surface area contributed by atoms with Gasteiger partial charge in [-0.1, -0.05) is 31.0 Å². The van der Waals surface area contributed by atoms with Gasteiger partial charge in [-0.3, -0.25) is 4.79 Å². The molecule has 146 valence electrons. The van der Waals surface area contributed by atoms with E-state index in [0.29, 0.717) is 18.0 Å². The van der Waals surface area contributed by atoms with Crippen molar-refractivity contribution in [1.29, 1.82) is 0 Å². The lowest BCUT2D eigenvalue weighted by molar-refractivity contribution is -0.153. The van der Waals surface area contributed by atoms with Crippen LogP contribution < -0.4 is 15.4 Å². The summed E-state index contributed by atoms with van der Waals surface area (Å²) in [5.74, 6) is 0.494. The number of alkyl halides is 3. The third kappa shape index (κ3) is 4.62. The van der Waals surface area contributed by atoms with Gasteiger partial charge >= 0.3 is 6.18 Å². The minimum Gasteiger partial charge on any atom is -0.484 e. The average molecular weight is 393 g/mol. The molecule has 1 amide bonds. The maximum absolute atomic E-state index is 12.8. The van der Waals surface area contributed by atoms with Crippen molar-refractivity contribution in [1.82, 2.24) is 10.6 Å². The van der Waals surface area contributed by atoms with E-state index in [1.165, 1.54) is 6.07 Å². The highest BCUT2D eigenvalue weighted by atomic mass is 35.5. The van der Waals surface area contributed by atoms with E-state index in [0.717, 1.165) is 32.2 Å². The van der Waals surface area contributed by atoms with Crippen LogP contribution in [0.1, 0.15) is 31.2 Å². The summed E-state index contributed by atoms with van der Waals surface area (Å²) in [7, 11) is 0. The van der Waals surface area contributed by atoms with Gasteiger partial charge < -0.3 is 15.4 Å². The van der Waals surface area contributed by atoms with E-state index < -0.39 is 12.8 Å². The Morgan fingerprint density at radius 2 is 2.08 bits per heavy atom. The second-order valence-corrected chi connectivity index (χ2v) is 6.92. The van der Waals surface area contributed by atoms with Gasteiger partial charge in [-0.15, -0.1) is 12.4 Å². The molecule has 8 heteroatoms. The molecule has 0 aromatic heterocycles. The Bertz CT molecular complexity index is 627. The first kappa shape index (κ1) is 20.8. The number of hydrogen-bond donors (Lipinski definition) is 2. The quantitative estimate of drug-likeness (QED) is 0.807. The Morgan fingerprint density at radius 3 is 2.85 bits per heavy atom. The Morgan fingerprint density at radius 1 is 1.31 bits per heavy atom. The van der Waals surface area contributed by atoms with Crippen LogP contribution in [0.3, 0.4) is 0 Å². The van der Waals surface area contributed by atoms with Crippen molar-refractivity contribution in [3.8, 4) is 5.75 Å². The van der Waals surface area contributed by atoms with Crippen LogP contribution in [0, 0.1) is 11.3 Å². The van der Waals surface area contributed by atoms with E-state index in [9.17, 15) is 18.0 Å². The third-order valence-electron chi connectivity index (χ3n) is 5.29. The molecule has 1 aliphatic carbocycles. The summed E-state index contributed by atoms with van der Waals surface area (Å²) in [6.45, 7) is 0.365. The molecule has 0 spiro atoms. The van der Waals surface area contributed by atoms with Crippen LogP contribution >= 0.6 is 12.4 Å². The summed E-state index contributed by atoms with van der Waals surface area (Å²) in [6, 6.07) is 6.51. The monoisotopic (exact) mass is 392 g/mol. The standard InChI is InChI=1S/C18H23F3N2O2.ClH/c19-18(20,21)12-25-15-7-2-1-5-13(15)9-23-16(24)17-8-4-3-6-14(17)10-22-11-17;/h1-2,5,7,14,22H,3-4,6,8-12H2,(H,23,24);1H/t14-,17+;/m0./s1. The highest BCUT2D eigenvalue weighted by Crippen LogP contribution is 2.44. The lowest BCUT2D eigenvalue weighted by Crippen LogP contribution is -2.47. The highest BCUT2D eigenvalue weighted by molar-refractivity contribution is 5.85. The fourth-order valence-corrected chi connectivity index (χ4v) is 3.99. The van der Waals surface area contributed by atoms with Crippen molar-refractivity contribution in [2.24, 2.45) is 11.3 Å². The summed E-state index contributed by atoms with van der Waals surface area (Å²) in [6.07, 6.45) is -0.291. The van der Waals surface area contributed by atoms with Crippen LogP contribution in [0.2, 0.25) is 0 Å². The van der Waals surface area contributed by atoms with Crippen LogP contribution in [0.15, 0.2) is 24.3 Å². The molecule has 2 aliphatic rings. The van der Waals surface area contributed by atoms with E-state index in [1.54, 1.807) is 18.2 Å². The average Bonchev–Trinajstić information content (AvgIpc) is 3.03. The fourth-order valence-electron chi connectivity index (χ4n) is 3.99. The number of nitrogens with one attached hydrogen (secondary N) is 2. The van der Waals surface area contributed by atoms with Gasteiger partial charge in [0.05, 0.1) is 5.41 Å². The van der Waals surface area contributed by atoms with Gasteiger partial charge in [0.15, 0.2) is 6.61 Å². The molecule has 1 aromatic rings. The van der Waals surface area contributed by atoms with Crippen molar-refractivity contribution in [2.45, 2.75) is 38.4 Å². The molecular weight excluding hydrogens is 369 g/mol. The summed E-state index contributed by atoms with van der Waals surface area (Å²) in [5.41, 5.74) is 0.176. The number of rotatable bonds is 5. The van der Waals surface area contributed by atoms with Crippen LogP contribution in [0.4, 0.5) is 13.2 Å². The zero-order valence-corrected chi connectivity index (χ0v) is 15.2. The maximum Gasteiger partial charge on any atom is 0.422 e. The number of carbonyl (C=O) groups is 1. The van der Waals surface area contributed by atoms with Crippen LogP contribution in [-0.2, 0) is 11.3 Å². The molecule has 3 rings (SSSR count). The zero-order chi connectivity index (χ0) is 17.9. The van der Waals surface area contributed by atoms with E-state index in [1.807, 2.05) is 0 Å². The number of ether oxygens (including phenoxy) is 1. The van der Waals surface area contributed by atoms with Gasteiger partial charge in [-0.25, -0.2) is 0 Å². The SMILES string of the molecule is Cl.O=C(NCc1ccccc1OCC(F)(F)F)[C@@]12CCCC[C@H]1CNC2. The second kappa shape index (κ2) is 8.48. The molecule has 2 atom stereocenters. The maximum atomic E-state index is 12.8. The van der Waals surface area contributed by atoms with E-state index >= 15 is 0 Å². The van der Waals surface area contributed by atoms with Crippen LogP contribution in [0.5, 0.6) is 5.75 Å². The molecule has 1 saturated heterocycles. The predicted molar refractivity (Wildman–Crippen MR) is 94.3 cm³/mol. The van der Waals surface area contributed by atoms with Crippen molar-refractivity contribution in [3.05, 3.63) is 29.8 Å². The number of fused-ring (bicyclic) bond motifs is 1. The number of carbonyl (C=O) groups excluding carboxylic acids is 1. The smallest absolute Gasteiger partial charge is 0.422 e. The number of para-hydroxylation sites is 1. The van der Waals surface area contributed by atoms with Gasteiger partial charge in [-0.2, -0.15) is 13.2 Å². The van der Waals surface area contributed by atoms with Gasteiger partial charge in [0.25, 0.3) is 0 Å². The molecular formula is C18H24ClF3N2O2. The molecule has 26 heavy (non-hydrogen) atoms. The molecule has 2 fully saturated rings. The molecule has 4 nitrogen and oxygen atoms in total. The largest absolute Gasteiger partial charge is 0.484 e. The van der Waals surface area contributed by atoms with Gasteiger partial charge in [0.2, 0.25) is 5.91 Å². The normalized spacial score (nSPS) is 25.1. The lowest BCUT2D eigenvalue weighted by Gasteiger charge is -2.37. The second-order valence-electron chi connectivity index (χ2n) is 6.92. The van der Waals surface area contributed by atoms with E-state index in [2.05, 4.69) is 10.6 Å². The number of halogens is 4. The number of hydrogen-bond acceptors (Lipinski definition) is 3. The topological polar surface area (TPSA) is 50.4 Å². The van der Waals surface area contributed by atoms with Crippen molar-refractivity contribution in [3.63, 3.8) is 0 Å². The predicted octanol–water partition coefficient (Wildman–Crippen LogP) is 3.45. The first-order chi connectivity index (χ1) is 11.9. The van der Waals surface area contributed by atoms with Crippen molar-refractivity contribution < 1.29 is 22.7 Å². The fraction of sp³-hybridized carbons (Fsp3) is 0.611. The molecule has 0 unspecified atom stereocenters. The minimum atomic E-state index is -4.39. The Kier molecular flexibility index (Phi) is 6.80. The Hall–Kier alpha value is -1.47. The molecule has 1 aromatic carbocycles. The minimum absolute atomic E-state index is 0. The summed E-state index contributed by atoms with van der Waals surface area (Å²) in [5, 5.41) is 6.25. The summed E-state index contributed by atoms with van der Waals surface area (Å²) < 4.78 is 42.0. The highest BCUT2D eigenvalue weighted by Gasteiger charge is 2.49. The van der Waals surface area contributed by atoms with Crippen LogP contribution in [-0.4, -0.2) is 31.8 Å². The molecule has 2 N–H and O–H groups in total. The van der Waals surface area contributed by atoms with Crippen molar-refractivity contribution >= 4 is 18.3 Å². The molecule has 1 aliphatic heterocycles. The lowest BCUT2D eigenvalue weighted by atomic mass is 9.67. The Balaban J connectivity index is 0.00000243. The molecule has 1 heterocycles. The van der Waals surface area contributed by atoms with Crippen LogP contribution in [0.25, 0.3) is 0 Å². The van der Waals surface area contributed by atoms with Gasteiger partial charge in [0, 0.05) is 18.7 Å².